The van der Waals surface area contributed by atoms with Crippen molar-refractivity contribution in [1.29, 1.82) is 0 Å². The Balaban J connectivity index is 1.80. The van der Waals surface area contributed by atoms with Gasteiger partial charge in [-0.3, -0.25) is 11.3 Å². The summed E-state index contributed by atoms with van der Waals surface area (Å²) in [6.07, 6.45) is 2.88. The molecule has 3 unspecified atom stereocenters. The summed E-state index contributed by atoms with van der Waals surface area (Å²) in [5, 5.41) is 1.12. The van der Waals surface area contributed by atoms with Crippen molar-refractivity contribution in [2.75, 3.05) is 19.8 Å². The van der Waals surface area contributed by atoms with E-state index in [0.717, 1.165) is 38.0 Å². The van der Waals surface area contributed by atoms with E-state index in [-0.39, 0.29) is 11.6 Å². The minimum atomic E-state index is -0.131. The van der Waals surface area contributed by atoms with Crippen LogP contribution in [0, 0.1) is 5.92 Å². The fourth-order valence-corrected chi connectivity index (χ4v) is 3.73. The molecule has 2 heterocycles. The molecule has 4 nitrogen and oxygen atoms in total. The van der Waals surface area contributed by atoms with Crippen LogP contribution in [0.5, 0.6) is 0 Å². The van der Waals surface area contributed by atoms with Crippen LogP contribution in [0.4, 0.5) is 0 Å². The van der Waals surface area contributed by atoms with E-state index in [0.29, 0.717) is 22.6 Å². The second-order valence-electron chi connectivity index (χ2n) is 5.90. The lowest BCUT2D eigenvalue weighted by atomic mass is 9.79. The summed E-state index contributed by atoms with van der Waals surface area (Å²) in [7, 11) is 0. The second kappa shape index (κ2) is 6.41. The van der Waals surface area contributed by atoms with Gasteiger partial charge in [0.1, 0.15) is 0 Å². The number of nitrogens with one attached hydrogen (secondary N) is 1. The lowest BCUT2D eigenvalue weighted by Crippen LogP contribution is -2.45. The quantitative estimate of drug-likeness (QED) is 0.660. The summed E-state index contributed by atoms with van der Waals surface area (Å²) in [6, 6.07) is 5.73. The predicted molar refractivity (Wildman–Crippen MR) is 83.4 cm³/mol. The summed E-state index contributed by atoms with van der Waals surface area (Å²) >= 11 is 12.1. The monoisotopic (exact) mass is 330 g/mol. The van der Waals surface area contributed by atoms with Crippen molar-refractivity contribution < 1.29 is 9.47 Å². The summed E-state index contributed by atoms with van der Waals surface area (Å²) in [4.78, 5) is 0. The topological polar surface area (TPSA) is 56.5 Å². The second-order valence-corrected chi connectivity index (χ2v) is 6.72. The first-order chi connectivity index (χ1) is 10.1. The number of hydrazine groups is 1. The fraction of sp³-hybridized carbons (Fsp3) is 0.600. The van der Waals surface area contributed by atoms with Gasteiger partial charge in [-0.1, -0.05) is 29.3 Å². The normalized spacial score (nSPS) is 30.7. The van der Waals surface area contributed by atoms with Crippen LogP contribution in [-0.4, -0.2) is 25.4 Å². The predicted octanol–water partition coefficient (Wildman–Crippen LogP) is 3.08. The van der Waals surface area contributed by atoms with E-state index in [1.54, 1.807) is 0 Å². The Hall–Kier alpha value is -0.360. The van der Waals surface area contributed by atoms with Crippen LogP contribution in [0.15, 0.2) is 18.2 Å². The highest BCUT2D eigenvalue weighted by Crippen LogP contribution is 2.41. The Labute approximate surface area is 134 Å². The van der Waals surface area contributed by atoms with Crippen LogP contribution in [0.2, 0.25) is 10.0 Å². The highest BCUT2D eigenvalue weighted by molar-refractivity contribution is 6.42. The van der Waals surface area contributed by atoms with Gasteiger partial charge in [-0.15, -0.1) is 0 Å². The molecule has 2 aliphatic heterocycles. The van der Waals surface area contributed by atoms with E-state index >= 15 is 0 Å². The standard InChI is InChI=1S/C15H20Cl2N2O2/c16-12-2-1-10(7-13(12)17)14(19-18)11-3-5-21-15(8-11)4-6-20-9-15/h1-2,7,11,14,19H,3-6,8-9,18H2. The zero-order valence-corrected chi connectivity index (χ0v) is 13.3. The average Bonchev–Trinajstić information content (AvgIpc) is 2.91. The molecule has 0 radical (unpaired) electrons. The molecule has 2 aliphatic rings. The van der Waals surface area contributed by atoms with Gasteiger partial charge in [0.25, 0.3) is 0 Å². The van der Waals surface area contributed by atoms with Gasteiger partial charge in [0.2, 0.25) is 0 Å². The lowest BCUT2D eigenvalue weighted by Gasteiger charge is -2.40. The summed E-state index contributed by atoms with van der Waals surface area (Å²) in [5.41, 5.74) is 3.88. The molecular formula is C15H20Cl2N2O2. The van der Waals surface area contributed by atoms with Crippen molar-refractivity contribution in [3.05, 3.63) is 33.8 Å². The number of halogens is 2. The van der Waals surface area contributed by atoms with E-state index in [9.17, 15) is 0 Å². The molecule has 3 rings (SSSR count). The first-order valence-corrected chi connectivity index (χ1v) is 8.02. The van der Waals surface area contributed by atoms with Gasteiger partial charge in [-0.25, -0.2) is 0 Å². The molecule has 2 fully saturated rings. The first-order valence-electron chi connectivity index (χ1n) is 7.26. The van der Waals surface area contributed by atoms with Crippen molar-refractivity contribution in [3.8, 4) is 0 Å². The minimum absolute atomic E-state index is 0.0427. The molecule has 1 aromatic rings. The summed E-state index contributed by atoms with van der Waals surface area (Å²) in [5.74, 6) is 6.20. The molecular weight excluding hydrogens is 311 g/mol. The van der Waals surface area contributed by atoms with Crippen LogP contribution in [0.3, 0.4) is 0 Å². The molecule has 1 spiro atoms. The maximum absolute atomic E-state index is 6.13. The van der Waals surface area contributed by atoms with Gasteiger partial charge < -0.3 is 9.47 Å². The Morgan fingerprint density at radius 3 is 2.81 bits per heavy atom. The van der Waals surface area contributed by atoms with Crippen molar-refractivity contribution in [2.24, 2.45) is 11.8 Å². The van der Waals surface area contributed by atoms with Crippen LogP contribution in [0.1, 0.15) is 30.9 Å². The highest BCUT2D eigenvalue weighted by Gasteiger charge is 2.43. The maximum atomic E-state index is 6.13. The molecule has 0 aromatic heterocycles. The van der Waals surface area contributed by atoms with E-state index in [1.807, 2.05) is 18.2 Å². The number of ether oxygens (including phenoxy) is 2. The zero-order chi connectivity index (χ0) is 14.9. The summed E-state index contributed by atoms with van der Waals surface area (Å²) in [6.45, 7) is 2.20. The van der Waals surface area contributed by atoms with E-state index in [1.165, 1.54) is 0 Å². The van der Waals surface area contributed by atoms with Gasteiger partial charge >= 0.3 is 0 Å². The third-order valence-corrected chi connectivity index (χ3v) is 5.29. The fourth-order valence-electron chi connectivity index (χ4n) is 3.42. The van der Waals surface area contributed by atoms with Crippen LogP contribution < -0.4 is 11.3 Å². The molecule has 1 aromatic carbocycles. The Morgan fingerprint density at radius 1 is 1.29 bits per heavy atom. The van der Waals surface area contributed by atoms with Gasteiger partial charge in [-0.05, 0) is 36.5 Å². The Bertz CT molecular complexity index is 506. The number of benzene rings is 1. The highest BCUT2D eigenvalue weighted by atomic mass is 35.5. The van der Waals surface area contributed by atoms with Gasteiger partial charge in [0.15, 0.2) is 0 Å². The molecule has 3 N–H and O–H groups in total. The number of nitrogens with two attached hydrogens (primary N) is 1. The number of rotatable bonds is 3. The molecule has 116 valence electrons. The van der Waals surface area contributed by atoms with Gasteiger partial charge in [0, 0.05) is 25.7 Å². The molecule has 3 atom stereocenters. The van der Waals surface area contributed by atoms with Gasteiger partial charge in [-0.2, -0.15) is 0 Å². The van der Waals surface area contributed by atoms with Crippen LogP contribution in [0.25, 0.3) is 0 Å². The number of hydrogen-bond donors (Lipinski definition) is 2. The third kappa shape index (κ3) is 3.21. The van der Waals surface area contributed by atoms with E-state index in [4.69, 9.17) is 38.5 Å². The molecule has 0 amide bonds. The molecule has 0 bridgehead atoms. The third-order valence-electron chi connectivity index (χ3n) is 4.55. The molecule has 6 heteroatoms. The van der Waals surface area contributed by atoms with E-state index in [2.05, 4.69) is 5.43 Å². The van der Waals surface area contributed by atoms with Crippen molar-refractivity contribution in [2.45, 2.75) is 30.9 Å². The Kier molecular flexibility index (Phi) is 4.74. The first kappa shape index (κ1) is 15.5. The van der Waals surface area contributed by atoms with E-state index < -0.39 is 0 Å². The van der Waals surface area contributed by atoms with Crippen molar-refractivity contribution in [1.82, 2.24) is 5.43 Å². The zero-order valence-electron chi connectivity index (χ0n) is 11.8. The lowest BCUT2D eigenvalue weighted by molar-refractivity contribution is -0.103. The van der Waals surface area contributed by atoms with Gasteiger partial charge in [0.05, 0.1) is 22.3 Å². The minimum Gasteiger partial charge on any atom is -0.378 e. The molecule has 21 heavy (non-hydrogen) atoms. The van der Waals surface area contributed by atoms with Crippen molar-refractivity contribution >= 4 is 23.2 Å². The van der Waals surface area contributed by atoms with Crippen molar-refractivity contribution in [3.63, 3.8) is 0 Å². The smallest absolute Gasteiger partial charge is 0.0940 e. The molecule has 2 saturated heterocycles. The SMILES string of the molecule is NNC(c1ccc(Cl)c(Cl)c1)C1CCOC2(CCOC2)C1. The summed E-state index contributed by atoms with van der Waals surface area (Å²) < 4.78 is 11.5. The number of hydrogen-bond acceptors (Lipinski definition) is 4. The largest absolute Gasteiger partial charge is 0.378 e. The molecule has 0 saturated carbocycles. The van der Waals surface area contributed by atoms with Crippen LogP contribution in [-0.2, 0) is 9.47 Å². The maximum Gasteiger partial charge on any atom is 0.0940 e. The molecule has 0 aliphatic carbocycles. The Morgan fingerprint density at radius 2 is 2.14 bits per heavy atom. The van der Waals surface area contributed by atoms with Crippen LogP contribution >= 0.6 is 23.2 Å². The average molecular weight is 331 g/mol.